The predicted molar refractivity (Wildman–Crippen MR) is 85.3 cm³/mol. The van der Waals surface area contributed by atoms with Crippen LogP contribution >= 0.6 is 11.3 Å². The summed E-state index contributed by atoms with van der Waals surface area (Å²) in [5, 5.41) is 2.23. The Kier molecular flexibility index (Phi) is 4.20. The summed E-state index contributed by atoms with van der Waals surface area (Å²) in [5.41, 5.74) is 4.04. The number of hydrogen-bond donors (Lipinski definition) is 0. The van der Waals surface area contributed by atoms with E-state index < -0.39 is 0 Å². The van der Waals surface area contributed by atoms with Crippen LogP contribution in [-0.4, -0.2) is 31.2 Å². The highest BCUT2D eigenvalue weighted by Crippen LogP contribution is 2.28. The van der Waals surface area contributed by atoms with Crippen molar-refractivity contribution in [3.63, 3.8) is 0 Å². The van der Waals surface area contributed by atoms with Crippen molar-refractivity contribution in [1.29, 1.82) is 0 Å². The number of rotatable bonds is 3. The van der Waals surface area contributed by atoms with Gasteiger partial charge in [0, 0.05) is 24.0 Å². The van der Waals surface area contributed by atoms with E-state index in [0.29, 0.717) is 6.04 Å². The summed E-state index contributed by atoms with van der Waals surface area (Å²) in [7, 11) is 0. The fraction of sp³-hybridized carbons (Fsp3) is 0.412. The van der Waals surface area contributed by atoms with E-state index in [1.807, 2.05) is 11.3 Å². The molecule has 0 N–H and O–H groups in total. The summed E-state index contributed by atoms with van der Waals surface area (Å²) >= 11 is 1.81. The smallest absolute Gasteiger partial charge is 0.0594 e. The lowest BCUT2D eigenvalue weighted by Gasteiger charge is -2.32. The minimum absolute atomic E-state index is 0.470. The summed E-state index contributed by atoms with van der Waals surface area (Å²) in [6.45, 7) is 8.23. The maximum absolute atomic E-state index is 5.42. The van der Waals surface area contributed by atoms with E-state index >= 15 is 0 Å². The average molecular weight is 287 g/mol. The Bertz CT molecular complexity index is 555. The molecule has 0 amide bonds. The minimum atomic E-state index is 0.470. The summed E-state index contributed by atoms with van der Waals surface area (Å²) in [5.74, 6) is 0. The zero-order valence-corrected chi connectivity index (χ0v) is 13.0. The molecule has 1 atom stereocenters. The number of benzene rings is 1. The van der Waals surface area contributed by atoms with Gasteiger partial charge in [-0.25, -0.2) is 0 Å². The number of ether oxygens (including phenoxy) is 1. The number of hydrogen-bond acceptors (Lipinski definition) is 3. The molecule has 2 aromatic rings. The largest absolute Gasteiger partial charge is 0.379 e. The van der Waals surface area contributed by atoms with Gasteiger partial charge in [0.15, 0.2) is 0 Å². The lowest BCUT2D eigenvalue weighted by atomic mass is 10.0. The van der Waals surface area contributed by atoms with Gasteiger partial charge in [0.1, 0.15) is 0 Å². The number of morpholine rings is 1. The average Bonchev–Trinajstić information content (AvgIpc) is 2.94. The zero-order chi connectivity index (χ0) is 13.9. The van der Waals surface area contributed by atoms with Gasteiger partial charge >= 0.3 is 0 Å². The number of nitrogens with zero attached hydrogens (tertiary/aromatic N) is 1. The molecular formula is C17H21NOS. The van der Waals surface area contributed by atoms with Crippen LogP contribution in [-0.2, 0) is 4.74 Å². The lowest BCUT2D eigenvalue weighted by molar-refractivity contribution is 0.0198. The maximum Gasteiger partial charge on any atom is 0.0594 e. The van der Waals surface area contributed by atoms with Crippen molar-refractivity contribution in [2.45, 2.75) is 19.9 Å². The van der Waals surface area contributed by atoms with Crippen LogP contribution in [0.15, 0.2) is 35.7 Å². The molecule has 1 aromatic carbocycles. The van der Waals surface area contributed by atoms with Crippen LogP contribution in [0.3, 0.4) is 0 Å². The molecule has 1 saturated heterocycles. The van der Waals surface area contributed by atoms with Crippen LogP contribution in [0.1, 0.15) is 23.4 Å². The summed E-state index contributed by atoms with van der Waals surface area (Å²) in [6.07, 6.45) is 0. The highest BCUT2D eigenvalue weighted by Gasteiger charge is 2.18. The van der Waals surface area contributed by atoms with Gasteiger partial charge in [-0.15, -0.1) is 11.3 Å². The molecule has 2 heterocycles. The third kappa shape index (κ3) is 2.95. The minimum Gasteiger partial charge on any atom is -0.379 e. The van der Waals surface area contributed by atoms with Crippen LogP contribution < -0.4 is 0 Å². The van der Waals surface area contributed by atoms with Gasteiger partial charge in [-0.2, -0.15) is 0 Å². The van der Waals surface area contributed by atoms with Crippen LogP contribution in [0.25, 0.3) is 11.1 Å². The Morgan fingerprint density at radius 1 is 1.10 bits per heavy atom. The van der Waals surface area contributed by atoms with E-state index in [2.05, 4.69) is 54.5 Å². The summed E-state index contributed by atoms with van der Waals surface area (Å²) < 4.78 is 5.42. The topological polar surface area (TPSA) is 12.5 Å². The summed E-state index contributed by atoms with van der Waals surface area (Å²) in [6, 6.07) is 11.7. The third-order valence-corrected chi connectivity index (χ3v) is 4.91. The molecule has 3 heteroatoms. The third-order valence-electron chi connectivity index (χ3n) is 4.05. The van der Waals surface area contributed by atoms with Crippen LogP contribution in [0.5, 0.6) is 0 Å². The van der Waals surface area contributed by atoms with Crippen LogP contribution in [0.2, 0.25) is 0 Å². The maximum atomic E-state index is 5.42. The molecule has 0 unspecified atom stereocenters. The first-order valence-electron chi connectivity index (χ1n) is 7.21. The van der Waals surface area contributed by atoms with Crippen LogP contribution in [0.4, 0.5) is 0 Å². The summed E-state index contributed by atoms with van der Waals surface area (Å²) in [4.78, 5) is 3.86. The number of aryl methyl sites for hydroxylation is 1. The molecule has 106 valence electrons. The van der Waals surface area contributed by atoms with Gasteiger partial charge in [-0.3, -0.25) is 4.90 Å². The molecule has 1 fully saturated rings. The van der Waals surface area contributed by atoms with Crippen molar-refractivity contribution < 1.29 is 4.74 Å². The number of thiophene rings is 1. The van der Waals surface area contributed by atoms with Crippen molar-refractivity contribution >= 4 is 11.3 Å². The van der Waals surface area contributed by atoms with E-state index in [1.54, 1.807) is 0 Å². The highest BCUT2D eigenvalue weighted by atomic mass is 32.1. The van der Waals surface area contributed by atoms with Gasteiger partial charge < -0.3 is 4.74 Å². The highest BCUT2D eigenvalue weighted by molar-refractivity contribution is 7.10. The molecule has 3 rings (SSSR count). The van der Waals surface area contributed by atoms with Gasteiger partial charge in [-0.05, 0) is 42.0 Å². The molecule has 20 heavy (non-hydrogen) atoms. The molecule has 1 aliphatic rings. The quantitative estimate of drug-likeness (QED) is 0.842. The molecule has 2 nitrogen and oxygen atoms in total. The Balaban J connectivity index is 1.75. The molecule has 1 aliphatic heterocycles. The first-order valence-corrected chi connectivity index (χ1v) is 8.09. The Hall–Kier alpha value is -1.16. The van der Waals surface area contributed by atoms with Gasteiger partial charge in [0.05, 0.1) is 13.2 Å². The fourth-order valence-corrected chi connectivity index (χ4v) is 3.44. The zero-order valence-electron chi connectivity index (χ0n) is 12.1. The monoisotopic (exact) mass is 287 g/mol. The molecule has 1 aromatic heterocycles. The standard InChI is InChI=1S/C17H21NOS/c1-13-11-17(12-20-13)16-5-3-15(4-6-16)14(2)18-7-9-19-10-8-18/h3-6,11-12,14H,7-10H2,1-2H3/t14-/m1/s1. The van der Waals surface area contributed by atoms with Gasteiger partial charge in [0.2, 0.25) is 0 Å². The van der Waals surface area contributed by atoms with E-state index in [0.717, 1.165) is 26.3 Å². The molecule has 0 radical (unpaired) electrons. The van der Waals surface area contributed by atoms with Crippen molar-refractivity contribution in [2.75, 3.05) is 26.3 Å². The first kappa shape index (κ1) is 13.8. The molecule has 0 spiro atoms. The van der Waals surface area contributed by atoms with E-state index in [1.165, 1.54) is 21.6 Å². The Labute approximate surface area is 125 Å². The van der Waals surface area contributed by atoms with Crippen molar-refractivity contribution in [3.05, 3.63) is 46.2 Å². The second-order valence-electron chi connectivity index (χ2n) is 5.39. The van der Waals surface area contributed by atoms with Crippen LogP contribution in [0, 0.1) is 6.92 Å². The second-order valence-corrected chi connectivity index (χ2v) is 6.51. The van der Waals surface area contributed by atoms with Crippen molar-refractivity contribution in [2.24, 2.45) is 0 Å². The Morgan fingerprint density at radius 3 is 2.40 bits per heavy atom. The predicted octanol–water partition coefficient (Wildman–Crippen LogP) is 4.12. The molecule has 0 bridgehead atoms. The first-order chi connectivity index (χ1) is 9.74. The molecule has 0 aliphatic carbocycles. The lowest BCUT2D eigenvalue weighted by Crippen LogP contribution is -2.37. The normalized spacial score (nSPS) is 18.1. The fourth-order valence-electron chi connectivity index (χ4n) is 2.72. The van der Waals surface area contributed by atoms with E-state index in [-0.39, 0.29) is 0 Å². The van der Waals surface area contributed by atoms with Gasteiger partial charge in [0.25, 0.3) is 0 Å². The molecular weight excluding hydrogens is 266 g/mol. The van der Waals surface area contributed by atoms with Crippen molar-refractivity contribution in [1.82, 2.24) is 4.90 Å². The van der Waals surface area contributed by atoms with E-state index in [9.17, 15) is 0 Å². The van der Waals surface area contributed by atoms with Gasteiger partial charge in [-0.1, -0.05) is 24.3 Å². The SMILES string of the molecule is Cc1cc(-c2ccc([C@@H](C)N3CCOCC3)cc2)cs1. The van der Waals surface area contributed by atoms with E-state index in [4.69, 9.17) is 4.74 Å². The Morgan fingerprint density at radius 2 is 1.80 bits per heavy atom. The van der Waals surface area contributed by atoms with Crippen molar-refractivity contribution in [3.8, 4) is 11.1 Å². The second kappa shape index (κ2) is 6.08. The molecule has 0 saturated carbocycles.